The van der Waals surface area contributed by atoms with Crippen LogP contribution in [0.15, 0.2) is 18.2 Å². The van der Waals surface area contributed by atoms with Crippen LogP contribution >= 0.6 is 23.6 Å². The minimum absolute atomic E-state index is 0.00367. The molecular formula is C15H29N4O8P3. The highest BCUT2D eigenvalue weighted by Crippen LogP contribution is 2.42. The molecule has 6 N–H and O–H groups in total. The second kappa shape index (κ2) is 11.0. The molecule has 1 aliphatic rings. The fourth-order valence-electron chi connectivity index (χ4n) is 3.24. The molecule has 0 saturated heterocycles. The number of hydrogen-bond acceptors (Lipinski definition) is 8. The average Bonchev–Trinajstić information content (AvgIpc) is 2.57. The fraction of sp³-hybridized carbons (Fsp3) is 0.667. The average molecular weight is 486 g/mol. The molecule has 0 aromatic carbocycles. The van der Waals surface area contributed by atoms with Crippen molar-refractivity contribution in [3.05, 3.63) is 29.6 Å². The molecule has 12 nitrogen and oxygen atoms in total. The Bertz CT molecular complexity index is 789. The van der Waals surface area contributed by atoms with Crippen LogP contribution in [0, 0.1) is 0 Å². The summed E-state index contributed by atoms with van der Waals surface area (Å²) in [6.07, 6.45) is -0.494. The monoisotopic (exact) mass is 486 g/mol. The first-order valence-electron chi connectivity index (χ1n) is 9.22. The molecule has 2 bridgehead atoms. The van der Waals surface area contributed by atoms with E-state index in [1.807, 2.05) is 0 Å². The van der Waals surface area contributed by atoms with Crippen LogP contribution in [0.5, 0.6) is 0 Å². The van der Waals surface area contributed by atoms with Crippen LogP contribution in [0.25, 0.3) is 0 Å². The van der Waals surface area contributed by atoms with Gasteiger partial charge in [0.15, 0.2) is 8.38 Å². The van der Waals surface area contributed by atoms with Gasteiger partial charge in [-0.1, -0.05) is 6.07 Å². The maximum Gasteiger partial charge on any atom is 0.342 e. The maximum absolute atomic E-state index is 11.8. The smallest absolute Gasteiger partial charge is 0.342 e. The Labute approximate surface area is 176 Å². The van der Waals surface area contributed by atoms with Gasteiger partial charge in [0.1, 0.15) is 12.1 Å². The Morgan fingerprint density at radius 2 is 1.53 bits per heavy atom. The number of rotatable bonds is 6. The van der Waals surface area contributed by atoms with Crippen molar-refractivity contribution in [1.29, 1.82) is 0 Å². The normalized spacial score (nSPS) is 20.0. The minimum Gasteiger partial charge on any atom is -0.349 e. The summed E-state index contributed by atoms with van der Waals surface area (Å²) < 4.78 is 23.4. The summed E-state index contributed by atoms with van der Waals surface area (Å²) in [5, 5.41) is 0. The van der Waals surface area contributed by atoms with Gasteiger partial charge in [0.05, 0.1) is 17.7 Å². The van der Waals surface area contributed by atoms with Gasteiger partial charge in [-0.15, -0.1) is 0 Å². The molecule has 1 atom stereocenters. The van der Waals surface area contributed by atoms with E-state index in [0.29, 0.717) is 24.5 Å². The second-order valence-electron chi connectivity index (χ2n) is 7.30. The van der Waals surface area contributed by atoms with E-state index >= 15 is 0 Å². The first kappa shape index (κ1) is 25.9. The molecule has 2 rings (SSSR count). The zero-order valence-electron chi connectivity index (χ0n) is 16.6. The number of pyridine rings is 1. The fourth-order valence-corrected chi connectivity index (χ4v) is 5.26. The highest BCUT2D eigenvalue weighted by molar-refractivity contribution is 7.52. The maximum atomic E-state index is 11.8. The van der Waals surface area contributed by atoms with Gasteiger partial charge in [-0.2, -0.15) is 0 Å². The lowest BCUT2D eigenvalue weighted by molar-refractivity contribution is 0.157. The molecule has 1 aliphatic heterocycles. The molecule has 30 heavy (non-hydrogen) atoms. The van der Waals surface area contributed by atoms with Gasteiger partial charge in [0.25, 0.3) is 0 Å². The first-order valence-corrected chi connectivity index (χ1v) is 14.1. The Morgan fingerprint density at radius 3 is 2.03 bits per heavy atom. The molecule has 172 valence electrons. The summed E-state index contributed by atoms with van der Waals surface area (Å²) >= 11 is 0. The van der Waals surface area contributed by atoms with Crippen molar-refractivity contribution in [3.63, 3.8) is 0 Å². The summed E-state index contributed by atoms with van der Waals surface area (Å²) in [4.78, 5) is 66.3. The number of aromatic nitrogens is 1. The molecule has 0 aliphatic carbocycles. The molecule has 2 heterocycles. The lowest BCUT2D eigenvalue weighted by atomic mass is 10.2. The number of hydrogen-bond donors (Lipinski definition) is 6. The SMILES string of the molecule is CC(N1CCN(CP(O)O)Cc2cccc(n2)CN(CP(=O)(O)O)CC1)P(=O)(O)O. The molecule has 1 unspecified atom stereocenters. The van der Waals surface area contributed by atoms with Crippen molar-refractivity contribution >= 4 is 23.6 Å². The van der Waals surface area contributed by atoms with Crippen LogP contribution in [0.1, 0.15) is 18.3 Å². The van der Waals surface area contributed by atoms with Crippen molar-refractivity contribution in [2.45, 2.75) is 25.8 Å². The summed E-state index contributed by atoms with van der Waals surface area (Å²) in [6.45, 7) is 2.70. The topological polar surface area (TPSA) is 178 Å². The van der Waals surface area contributed by atoms with Gasteiger partial charge in [-0.25, -0.2) is 0 Å². The van der Waals surface area contributed by atoms with Crippen LogP contribution < -0.4 is 0 Å². The molecule has 0 radical (unpaired) electrons. The van der Waals surface area contributed by atoms with E-state index < -0.39 is 35.6 Å². The van der Waals surface area contributed by atoms with Gasteiger partial charge < -0.3 is 29.4 Å². The third kappa shape index (κ3) is 9.04. The summed E-state index contributed by atoms with van der Waals surface area (Å²) in [5.41, 5.74) is 1.24. The third-order valence-corrected chi connectivity index (χ3v) is 7.49. The van der Waals surface area contributed by atoms with E-state index in [1.54, 1.807) is 28.0 Å². The quantitative estimate of drug-likeness (QED) is 0.295. The van der Waals surface area contributed by atoms with E-state index in [0.717, 1.165) is 0 Å². The molecule has 0 spiro atoms. The highest BCUT2D eigenvalue weighted by Gasteiger charge is 2.31. The third-order valence-electron chi connectivity index (χ3n) is 4.77. The van der Waals surface area contributed by atoms with Crippen molar-refractivity contribution < 1.29 is 38.5 Å². The molecule has 1 aromatic rings. The predicted octanol–water partition coefficient (Wildman–Crippen LogP) is -0.0859. The summed E-state index contributed by atoms with van der Waals surface area (Å²) in [7, 11) is -11.0. The largest absolute Gasteiger partial charge is 0.349 e. The molecular weight excluding hydrogens is 457 g/mol. The van der Waals surface area contributed by atoms with E-state index in [9.17, 15) is 38.5 Å². The van der Waals surface area contributed by atoms with Crippen LogP contribution in [-0.4, -0.2) is 93.6 Å². The zero-order chi connectivity index (χ0) is 22.5. The van der Waals surface area contributed by atoms with Crippen LogP contribution in [0.2, 0.25) is 0 Å². The van der Waals surface area contributed by atoms with Gasteiger partial charge in [-0.05, 0) is 19.1 Å². The Morgan fingerprint density at radius 1 is 1.00 bits per heavy atom. The Balaban J connectivity index is 2.33. The van der Waals surface area contributed by atoms with Crippen molar-refractivity contribution in [1.82, 2.24) is 19.7 Å². The predicted molar refractivity (Wildman–Crippen MR) is 111 cm³/mol. The van der Waals surface area contributed by atoms with Gasteiger partial charge in [0.2, 0.25) is 0 Å². The lowest BCUT2D eigenvalue weighted by Gasteiger charge is -2.34. The Kier molecular flexibility index (Phi) is 9.52. The molecule has 0 saturated carbocycles. The van der Waals surface area contributed by atoms with Gasteiger partial charge in [0, 0.05) is 39.3 Å². The summed E-state index contributed by atoms with van der Waals surface area (Å²) in [6, 6.07) is 5.27. The van der Waals surface area contributed by atoms with E-state index in [1.165, 1.54) is 11.8 Å². The second-order valence-corrected chi connectivity index (χ2v) is 11.9. The highest BCUT2D eigenvalue weighted by atomic mass is 31.2. The van der Waals surface area contributed by atoms with Gasteiger partial charge >= 0.3 is 15.2 Å². The lowest BCUT2D eigenvalue weighted by Crippen LogP contribution is -2.44. The molecule has 15 heteroatoms. The Hall–Kier alpha value is -0.320. The van der Waals surface area contributed by atoms with Crippen LogP contribution in [0.3, 0.4) is 0 Å². The summed E-state index contributed by atoms with van der Waals surface area (Å²) in [5.74, 6) is -1.10. The van der Waals surface area contributed by atoms with Crippen LogP contribution in [0.4, 0.5) is 0 Å². The number of fused-ring (bicyclic) bond motifs is 2. The molecule has 0 amide bonds. The van der Waals surface area contributed by atoms with E-state index in [2.05, 4.69) is 4.98 Å². The zero-order valence-corrected chi connectivity index (χ0v) is 19.3. The van der Waals surface area contributed by atoms with Gasteiger partial charge in [-0.3, -0.25) is 28.8 Å². The molecule has 1 aromatic heterocycles. The van der Waals surface area contributed by atoms with E-state index in [4.69, 9.17) is 0 Å². The van der Waals surface area contributed by atoms with Crippen molar-refractivity contribution in [2.24, 2.45) is 0 Å². The number of nitrogens with zero attached hydrogens (tertiary/aromatic N) is 4. The molecule has 0 fully saturated rings. The van der Waals surface area contributed by atoms with Crippen molar-refractivity contribution in [3.8, 4) is 0 Å². The minimum atomic E-state index is -4.44. The standard InChI is InChI=1S/C15H29N4O8P3/c1-13(30(25,26)27)19-7-5-17(11-28(20)21)9-14-3-2-4-15(16-14)10-18(6-8-19)12-29(22,23)24/h2-4,13,20-21H,5-12H2,1H3,(H2,22,23,24)(H2,25,26,27). The van der Waals surface area contributed by atoms with Crippen molar-refractivity contribution in [2.75, 3.05) is 38.8 Å². The van der Waals surface area contributed by atoms with Crippen LogP contribution in [-0.2, 0) is 22.2 Å². The first-order chi connectivity index (χ1) is 13.8. The van der Waals surface area contributed by atoms with E-state index in [-0.39, 0.29) is 32.5 Å².